The van der Waals surface area contributed by atoms with Crippen molar-refractivity contribution in [1.82, 2.24) is 4.90 Å². The molecule has 90 valence electrons. The zero-order valence-electron chi connectivity index (χ0n) is 10.2. The molecule has 0 atom stereocenters. The standard InChI is InChI=1S/C15H19NS/c17-11-4-1-6-14-7-5-8-15(12-14)13-16-9-2-3-10-16/h5,7-8,12,17H,2-4,9-11,13H2. The summed E-state index contributed by atoms with van der Waals surface area (Å²) < 4.78 is 0. The molecule has 1 aromatic rings. The van der Waals surface area contributed by atoms with Crippen molar-refractivity contribution in [2.45, 2.75) is 25.8 Å². The molecule has 1 aliphatic rings. The van der Waals surface area contributed by atoms with Crippen LogP contribution in [-0.2, 0) is 6.54 Å². The Bertz CT molecular complexity index is 410. The van der Waals surface area contributed by atoms with Gasteiger partial charge in [-0.25, -0.2) is 0 Å². The van der Waals surface area contributed by atoms with Gasteiger partial charge in [0.05, 0.1) is 0 Å². The molecule has 0 spiro atoms. The lowest BCUT2D eigenvalue weighted by atomic mass is 10.1. The zero-order valence-corrected chi connectivity index (χ0v) is 11.0. The van der Waals surface area contributed by atoms with Crippen LogP contribution < -0.4 is 0 Å². The summed E-state index contributed by atoms with van der Waals surface area (Å²) in [4.78, 5) is 2.51. The number of benzene rings is 1. The number of hydrogen-bond acceptors (Lipinski definition) is 2. The molecule has 1 heterocycles. The summed E-state index contributed by atoms with van der Waals surface area (Å²) >= 11 is 4.16. The van der Waals surface area contributed by atoms with Crippen LogP contribution in [0.3, 0.4) is 0 Å². The van der Waals surface area contributed by atoms with E-state index < -0.39 is 0 Å². The molecular formula is C15H19NS. The first kappa shape index (κ1) is 12.5. The van der Waals surface area contributed by atoms with Crippen molar-refractivity contribution in [1.29, 1.82) is 0 Å². The van der Waals surface area contributed by atoms with Crippen LogP contribution in [0.4, 0.5) is 0 Å². The third kappa shape index (κ3) is 4.11. The Balaban J connectivity index is 1.98. The predicted octanol–water partition coefficient (Wildman–Crippen LogP) is 2.95. The summed E-state index contributed by atoms with van der Waals surface area (Å²) in [5.74, 6) is 7.16. The minimum Gasteiger partial charge on any atom is -0.299 e. The first-order chi connectivity index (χ1) is 8.38. The van der Waals surface area contributed by atoms with Gasteiger partial charge in [0.15, 0.2) is 0 Å². The Morgan fingerprint density at radius 1 is 1.24 bits per heavy atom. The van der Waals surface area contributed by atoms with Gasteiger partial charge in [0.1, 0.15) is 0 Å². The topological polar surface area (TPSA) is 3.24 Å². The van der Waals surface area contributed by atoms with Crippen molar-refractivity contribution in [3.63, 3.8) is 0 Å². The van der Waals surface area contributed by atoms with Crippen LogP contribution in [-0.4, -0.2) is 23.7 Å². The zero-order chi connectivity index (χ0) is 11.9. The number of thiol groups is 1. The fourth-order valence-corrected chi connectivity index (χ4v) is 2.28. The molecule has 1 aliphatic heterocycles. The SMILES string of the molecule is SCCC#Cc1cccc(CN2CCCC2)c1. The van der Waals surface area contributed by atoms with E-state index in [9.17, 15) is 0 Å². The lowest BCUT2D eigenvalue weighted by Crippen LogP contribution is -2.18. The summed E-state index contributed by atoms with van der Waals surface area (Å²) in [6, 6.07) is 8.60. The average molecular weight is 245 g/mol. The maximum Gasteiger partial charge on any atom is 0.0248 e. The van der Waals surface area contributed by atoms with Crippen LogP contribution in [0.25, 0.3) is 0 Å². The minimum atomic E-state index is 0.834. The lowest BCUT2D eigenvalue weighted by Gasteiger charge is -2.14. The van der Waals surface area contributed by atoms with Crippen molar-refractivity contribution in [3.05, 3.63) is 35.4 Å². The van der Waals surface area contributed by atoms with E-state index in [1.54, 1.807) is 0 Å². The quantitative estimate of drug-likeness (QED) is 0.633. The van der Waals surface area contributed by atoms with E-state index in [1.807, 2.05) is 0 Å². The second-order valence-electron chi connectivity index (χ2n) is 4.46. The molecule has 0 unspecified atom stereocenters. The van der Waals surface area contributed by atoms with Crippen molar-refractivity contribution in [2.75, 3.05) is 18.8 Å². The maximum atomic E-state index is 4.16. The van der Waals surface area contributed by atoms with Crippen LogP contribution >= 0.6 is 12.6 Å². The van der Waals surface area contributed by atoms with Gasteiger partial charge in [0.2, 0.25) is 0 Å². The first-order valence-electron chi connectivity index (χ1n) is 6.29. The lowest BCUT2D eigenvalue weighted by molar-refractivity contribution is 0.331. The maximum absolute atomic E-state index is 4.16. The fraction of sp³-hybridized carbons (Fsp3) is 0.467. The van der Waals surface area contributed by atoms with Gasteiger partial charge < -0.3 is 0 Å². The first-order valence-corrected chi connectivity index (χ1v) is 6.93. The fourth-order valence-electron chi connectivity index (χ4n) is 2.17. The molecule has 0 amide bonds. The molecule has 17 heavy (non-hydrogen) atoms. The highest BCUT2D eigenvalue weighted by Gasteiger charge is 2.11. The Hall–Kier alpha value is -0.910. The smallest absolute Gasteiger partial charge is 0.0248 e. The van der Waals surface area contributed by atoms with E-state index in [0.717, 1.165) is 24.3 Å². The third-order valence-electron chi connectivity index (χ3n) is 3.00. The van der Waals surface area contributed by atoms with E-state index in [1.165, 1.54) is 31.5 Å². The van der Waals surface area contributed by atoms with Crippen molar-refractivity contribution < 1.29 is 0 Å². The van der Waals surface area contributed by atoms with Crippen LogP contribution in [0.15, 0.2) is 24.3 Å². The van der Waals surface area contributed by atoms with E-state index in [-0.39, 0.29) is 0 Å². The second kappa shape index (κ2) is 6.74. The molecule has 0 saturated carbocycles. The molecule has 0 radical (unpaired) electrons. The molecule has 1 saturated heterocycles. The van der Waals surface area contributed by atoms with Gasteiger partial charge in [-0.05, 0) is 43.6 Å². The Morgan fingerprint density at radius 2 is 2.06 bits per heavy atom. The van der Waals surface area contributed by atoms with E-state index in [4.69, 9.17) is 0 Å². The molecule has 1 nitrogen and oxygen atoms in total. The number of nitrogens with zero attached hydrogens (tertiary/aromatic N) is 1. The van der Waals surface area contributed by atoms with Crippen LogP contribution in [0.1, 0.15) is 30.4 Å². The van der Waals surface area contributed by atoms with Crippen LogP contribution in [0.2, 0.25) is 0 Å². The summed E-state index contributed by atoms with van der Waals surface area (Å²) in [6.07, 6.45) is 3.56. The summed E-state index contributed by atoms with van der Waals surface area (Å²) in [6.45, 7) is 3.56. The second-order valence-corrected chi connectivity index (χ2v) is 4.91. The third-order valence-corrected chi connectivity index (χ3v) is 3.22. The Kier molecular flexibility index (Phi) is 4.97. The summed E-state index contributed by atoms with van der Waals surface area (Å²) in [5, 5.41) is 0. The van der Waals surface area contributed by atoms with Crippen molar-refractivity contribution >= 4 is 12.6 Å². The predicted molar refractivity (Wildman–Crippen MR) is 76.3 cm³/mol. The molecule has 1 fully saturated rings. The average Bonchev–Trinajstić information content (AvgIpc) is 2.83. The normalized spacial score (nSPS) is 15.6. The highest BCUT2D eigenvalue weighted by atomic mass is 32.1. The van der Waals surface area contributed by atoms with Gasteiger partial charge in [-0.3, -0.25) is 4.90 Å². The molecule has 2 rings (SSSR count). The van der Waals surface area contributed by atoms with Gasteiger partial charge in [0.25, 0.3) is 0 Å². The van der Waals surface area contributed by atoms with Gasteiger partial charge in [0, 0.05) is 24.3 Å². The number of likely N-dealkylation sites (tertiary alicyclic amines) is 1. The molecule has 0 bridgehead atoms. The van der Waals surface area contributed by atoms with Gasteiger partial charge in [-0.15, -0.1) is 0 Å². The highest BCUT2D eigenvalue weighted by Crippen LogP contribution is 2.13. The van der Waals surface area contributed by atoms with Gasteiger partial charge >= 0.3 is 0 Å². The van der Waals surface area contributed by atoms with Crippen molar-refractivity contribution in [2.24, 2.45) is 0 Å². The molecule has 0 aliphatic carbocycles. The van der Waals surface area contributed by atoms with E-state index in [2.05, 4.69) is 53.6 Å². The van der Waals surface area contributed by atoms with Crippen LogP contribution in [0, 0.1) is 11.8 Å². The molecule has 1 aromatic carbocycles. The Morgan fingerprint density at radius 3 is 2.82 bits per heavy atom. The van der Waals surface area contributed by atoms with Gasteiger partial charge in [-0.1, -0.05) is 24.0 Å². The van der Waals surface area contributed by atoms with E-state index in [0.29, 0.717) is 0 Å². The minimum absolute atomic E-state index is 0.834. The molecule has 0 aromatic heterocycles. The van der Waals surface area contributed by atoms with Crippen LogP contribution in [0.5, 0.6) is 0 Å². The van der Waals surface area contributed by atoms with E-state index >= 15 is 0 Å². The molecule has 2 heteroatoms. The monoisotopic (exact) mass is 245 g/mol. The summed E-state index contributed by atoms with van der Waals surface area (Å²) in [7, 11) is 0. The number of rotatable bonds is 3. The number of hydrogen-bond donors (Lipinski definition) is 1. The highest BCUT2D eigenvalue weighted by molar-refractivity contribution is 7.80. The van der Waals surface area contributed by atoms with Gasteiger partial charge in [-0.2, -0.15) is 12.6 Å². The summed E-state index contributed by atoms with van der Waals surface area (Å²) in [5.41, 5.74) is 2.51. The largest absolute Gasteiger partial charge is 0.299 e. The molecule has 0 N–H and O–H groups in total. The van der Waals surface area contributed by atoms with Crippen molar-refractivity contribution in [3.8, 4) is 11.8 Å². The Labute approximate surface area is 110 Å². The molecular weight excluding hydrogens is 226 g/mol.